The second-order valence-corrected chi connectivity index (χ2v) is 3.99. The zero-order valence-corrected chi connectivity index (χ0v) is 9.24. The molecule has 86 valence electrons. The first-order chi connectivity index (χ1) is 7.68. The van der Waals surface area contributed by atoms with Crippen molar-refractivity contribution in [1.82, 2.24) is 10.2 Å². The fourth-order valence-corrected chi connectivity index (χ4v) is 2.00. The molecule has 1 saturated heterocycles. The van der Waals surface area contributed by atoms with Crippen LogP contribution in [0.25, 0.3) is 0 Å². The Kier molecular flexibility index (Phi) is 3.19. The van der Waals surface area contributed by atoms with E-state index in [0.717, 1.165) is 0 Å². The second-order valence-electron chi connectivity index (χ2n) is 3.99. The summed E-state index contributed by atoms with van der Waals surface area (Å²) in [5.74, 6) is -0.173. The monoisotopic (exact) mass is 222 g/mol. The summed E-state index contributed by atoms with van der Waals surface area (Å²) < 4.78 is 13.6. The Bertz CT molecular complexity index is 394. The summed E-state index contributed by atoms with van der Waals surface area (Å²) in [6.07, 6.45) is 0. The fourth-order valence-electron chi connectivity index (χ4n) is 2.00. The highest BCUT2D eigenvalue weighted by atomic mass is 19.1. The first-order valence-electron chi connectivity index (χ1n) is 5.42. The molecule has 16 heavy (non-hydrogen) atoms. The zero-order chi connectivity index (χ0) is 11.5. The first-order valence-corrected chi connectivity index (χ1v) is 5.42. The van der Waals surface area contributed by atoms with Gasteiger partial charge in [-0.15, -0.1) is 0 Å². The molecule has 1 aliphatic rings. The maximum absolute atomic E-state index is 13.6. The topological polar surface area (TPSA) is 32.3 Å². The van der Waals surface area contributed by atoms with Gasteiger partial charge in [0, 0.05) is 32.1 Å². The zero-order valence-electron chi connectivity index (χ0n) is 9.24. The molecule has 0 spiro atoms. The molecule has 1 N–H and O–H groups in total. The SMILES string of the molecule is CC(=O)N1CCN[C@@H](c2ccccc2F)C1. The van der Waals surface area contributed by atoms with Gasteiger partial charge in [-0.2, -0.15) is 0 Å². The predicted molar refractivity (Wildman–Crippen MR) is 59.4 cm³/mol. The lowest BCUT2D eigenvalue weighted by Crippen LogP contribution is -2.47. The van der Waals surface area contributed by atoms with Crippen LogP contribution < -0.4 is 5.32 Å². The van der Waals surface area contributed by atoms with E-state index in [9.17, 15) is 9.18 Å². The van der Waals surface area contributed by atoms with Crippen molar-refractivity contribution < 1.29 is 9.18 Å². The summed E-state index contributed by atoms with van der Waals surface area (Å²) in [5.41, 5.74) is 0.633. The number of carbonyl (C=O) groups excluding carboxylic acids is 1. The number of carbonyl (C=O) groups is 1. The van der Waals surface area contributed by atoms with Gasteiger partial charge in [0.1, 0.15) is 5.82 Å². The molecule has 1 aliphatic heterocycles. The molecule has 1 heterocycles. The Balaban J connectivity index is 2.16. The summed E-state index contributed by atoms with van der Waals surface area (Å²) in [6.45, 7) is 3.48. The van der Waals surface area contributed by atoms with Gasteiger partial charge >= 0.3 is 0 Å². The highest BCUT2D eigenvalue weighted by Gasteiger charge is 2.23. The van der Waals surface area contributed by atoms with E-state index < -0.39 is 0 Å². The molecule has 0 aliphatic carbocycles. The predicted octanol–water partition coefficient (Wildman–Crippen LogP) is 1.32. The lowest BCUT2D eigenvalue weighted by molar-refractivity contribution is -0.130. The van der Waals surface area contributed by atoms with Gasteiger partial charge in [-0.05, 0) is 6.07 Å². The summed E-state index contributed by atoms with van der Waals surface area (Å²) in [4.78, 5) is 13.0. The van der Waals surface area contributed by atoms with Gasteiger partial charge in [0.2, 0.25) is 5.91 Å². The van der Waals surface area contributed by atoms with E-state index in [2.05, 4.69) is 5.32 Å². The molecule has 0 saturated carbocycles. The van der Waals surface area contributed by atoms with Crippen molar-refractivity contribution >= 4 is 5.91 Å². The van der Waals surface area contributed by atoms with Crippen molar-refractivity contribution in [3.05, 3.63) is 35.6 Å². The number of rotatable bonds is 1. The summed E-state index contributed by atoms with van der Waals surface area (Å²) in [7, 11) is 0. The van der Waals surface area contributed by atoms with E-state index in [-0.39, 0.29) is 17.8 Å². The van der Waals surface area contributed by atoms with Gasteiger partial charge in [-0.1, -0.05) is 18.2 Å². The number of halogens is 1. The molecular weight excluding hydrogens is 207 g/mol. The Morgan fingerprint density at radius 2 is 2.25 bits per heavy atom. The molecular formula is C12H15FN2O. The fraction of sp³-hybridized carbons (Fsp3) is 0.417. The highest BCUT2D eigenvalue weighted by molar-refractivity contribution is 5.73. The minimum Gasteiger partial charge on any atom is -0.340 e. The van der Waals surface area contributed by atoms with Crippen LogP contribution in [0, 0.1) is 5.82 Å². The first kappa shape index (κ1) is 11.1. The Morgan fingerprint density at radius 3 is 2.94 bits per heavy atom. The third-order valence-electron chi connectivity index (χ3n) is 2.90. The molecule has 4 heteroatoms. The summed E-state index contributed by atoms with van der Waals surface area (Å²) >= 11 is 0. The molecule has 0 aromatic heterocycles. The number of hydrogen-bond acceptors (Lipinski definition) is 2. The Hall–Kier alpha value is -1.42. The van der Waals surface area contributed by atoms with E-state index in [1.54, 1.807) is 24.0 Å². The highest BCUT2D eigenvalue weighted by Crippen LogP contribution is 2.19. The van der Waals surface area contributed by atoms with Crippen molar-refractivity contribution in [1.29, 1.82) is 0 Å². The van der Waals surface area contributed by atoms with E-state index in [0.29, 0.717) is 25.2 Å². The van der Waals surface area contributed by atoms with E-state index in [1.165, 1.54) is 6.07 Å². The molecule has 0 unspecified atom stereocenters. The molecule has 1 aromatic carbocycles. The Labute approximate surface area is 94.3 Å². The molecule has 0 radical (unpaired) electrons. The molecule has 1 aromatic rings. The number of nitrogens with one attached hydrogen (secondary N) is 1. The minimum absolute atomic E-state index is 0.0443. The molecule has 3 nitrogen and oxygen atoms in total. The van der Waals surface area contributed by atoms with Crippen LogP contribution in [0.3, 0.4) is 0 Å². The third kappa shape index (κ3) is 2.22. The van der Waals surface area contributed by atoms with Gasteiger partial charge in [0.15, 0.2) is 0 Å². The molecule has 0 bridgehead atoms. The largest absolute Gasteiger partial charge is 0.340 e. The normalized spacial score (nSPS) is 20.9. The van der Waals surface area contributed by atoms with Crippen LogP contribution in [0.2, 0.25) is 0 Å². The maximum atomic E-state index is 13.6. The van der Waals surface area contributed by atoms with Crippen LogP contribution in [0.5, 0.6) is 0 Å². The lowest BCUT2D eigenvalue weighted by atomic mass is 10.0. The molecule has 1 amide bonds. The van der Waals surface area contributed by atoms with Crippen molar-refractivity contribution in [3.63, 3.8) is 0 Å². The molecule has 1 fully saturated rings. The molecule has 2 rings (SSSR count). The van der Waals surface area contributed by atoms with E-state index in [1.807, 2.05) is 6.07 Å². The van der Waals surface area contributed by atoms with E-state index in [4.69, 9.17) is 0 Å². The quantitative estimate of drug-likeness (QED) is 0.777. The van der Waals surface area contributed by atoms with Crippen LogP contribution in [0.4, 0.5) is 4.39 Å². The summed E-state index contributed by atoms with van der Waals surface area (Å²) in [5, 5.41) is 3.23. The number of nitrogens with zero attached hydrogens (tertiary/aromatic N) is 1. The average molecular weight is 222 g/mol. The summed E-state index contributed by atoms with van der Waals surface area (Å²) in [6, 6.07) is 6.59. The Morgan fingerprint density at radius 1 is 1.50 bits per heavy atom. The van der Waals surface area contributed by atoms with Gasteiger partial charge in [-0.3, -0.25) is 4.79 Å². The van der Waals surface area contributed by atoms with Gasteiger partial charge in [0.05, 0.1) is 6.04 Å². The minimum atomic E-state index is -0.217. The third-order valence-corrected chi connectivity index (χ3v) is 2.90. The van der Waals surface area contributed by atoms with Gasteiger partial charge < -0.3 is 10.2 Å². The maximum Gasteiger partial charge on any atom is 0.219 e. The van der Waals surface area contributed by atoms with Crippen molar-refractivity contribution in [3.8, 4) is 0 Å². The van der Waals surface area contributed by atoms with Crippen molar-refractivity contribution in [2.45, 2.75) is 13.0 Å². The van der Waals surface area contributed by atoms with Gasteiger partial charge in [-0.25, -0.2) is 4.39 Å². The van der Waals surface area contributed by atoms with Gasteiger partial charge in [0.25, 0.3) is 0 Å². The second kappa shape index (κ2) is 4.61. The molecule has 1 atom stereocenters. The van der Waals surface area contributed by atoms with Crippen molar-refractivity contribution in [2.75, 3.05) is 19.6 Å². The van der Waals surface area contributed by atoms with Crippen LogP contribution >= 0.6 is 0 Å². The van der Waals surface area contributed by atoms with Crippen LogP contribution in [-0.2, 0) is 4.79 Å². The number of benzene rings is 1. The van der Waals surface area contributed by atoms with Crippen LogP contribution in [-0.4, -0.2) is 30.4 Å². The smallest absolute Gasteiger partial charge is 0.219 e. The van der Waals surface area contributed by atoms with E-state index >= 15 is 0 Å². The lowest BCUT2D eigenvalue weighted by Gasteiger charge is -2.33. The van der Waals surface area contributed by atoms with Crippen LogP contribution in [0.15, 0.2) is 24.3 Å². The number of piperazine rings is 1. The standard InChI is InChI=1S/C12H15FN2O/c1-9(16)15-7-6-14-12(8-15)10-4-2-3-5-11(10)13/h2-5,12,14H,6-8H2,1H3/t12-/m1/s1. The van der Waals surface area contributed by atoms with Crippen LogP contribution in [0.1, 0.15) is 18.5 Å². The number of hydrogen-bond donors (Lipinski definition) is 1. The van der Waals surface area contributed by atoms with Crippen molar-refractivity contribution in [2.24, 2.45) is 0 Å². The average Bonchev–Trinajstić information content (AvgIpc) is 2.30. The number of amides is 1.